The zero-order chi connectivity index (χ0) is 19.6. The molecule has 1 nitrogen and oxygen atoms in total. The molecule has 0 aliphatic rings. The van der Waals surface area contributed by atoms with Crippen molar-refractivity contribution in [3.63, 3.8) is 0 Å². The minimum absolute atomic E-state index is 0.880. The van der Waals surface area contributed by atoms with Gasteiger partial charge in [0, 0.05) is 5.56 Å². The molecule has 0 amide bonds. The van der Waals surface area contributed by atoms with Crippen LogP contribution in [0.5, 0.6) is 0 Å². The molecule has 0 bridgehead atoms. The molecule has 2 rings (SSSR count). The molecule has 8 heteroatoms. The standard InChI is InChI=1S/C17H22N.6FH.Sb/c1-14-9-8-10-16(15(14)2)13-18(3,4)17-11-6-5-7-12-17;;;;;;;/h5-12H,13H2,1-4H3;6*1H;/q+1;;;;;;;+5/p-6. The predicted molar refractivity (Wildman–Crippen MR) is 92.1 cm³/mol. The Kier molecular flexibility index (Phi) is 5.69. The summed E-state index contributed by atoms with van der Waals surface area (Å²) in [5.41, 5.74) is 5.57. The monoisotopic (exact) mass is 475 g/mol. The first-order chi connectivity index (χ1) is 11.0. The van der Waals surface area contributed by atoms with E-state index in [0.717, 1.165) is 11.0 Å². The van der Waals surface area contributed by atoms with Gasteiger partial charge in [0.25, 0.3) is 0 Å². The van der Waals surface area contributed by atoms with Gasteiger partial charge in [-0.2, -0.15) is 0 Å². The van der Waals surface area contributed by atoms with Gasteiger partial charge in [0.1, 0.15) is 12.2 Å². The van der Waals surface area contributed by atoms with Crippen molar-refractivity contribution in [3.8, 4) is 0 Å². The molecule has 0 fully saturated rings. The summed E-state index contributed by atoms with van der Waals surface area (Å²) in [5, 5.41) is 0. The quantitative estimate of drug-likeness (QED) is 0.281. The number of halogens is 6. The van der Waals surface area contributed by atoms with Gasteiger partial charge < -0.3 is 0 Å². The molecule has 2 aromatic carbocycles. The van der Waals surface area contributed by atoms with Crippen LogP contribution in [0.2, 0.25) is 0 Å². The van der Waals surface area contributed by atoms with Gasteiger partial charge in [0.05, 0.1) is 14.1 Å². The SMILES string of the molecule is Cc1cccc(C[N+](C)(C)c2ccccc2)c1C.[F][Sb-]([F])([F])([F])([F])[F]. The Labute approximate surface area is 146 Å². The Bertz CT molecular complexity index is 712. The first-order valence-electron chi connectivity index (χ1n) is 7.46. The minimum atomic E-state index is -11.2. The van der Waals surface area contributed by atoms with Crippen molar-refractivity contribution in [1.29, 1.82) is 0 Å². The zero-order valence-electron chi connectivity index (χ0n) is 14.5. The average molecular weight is 476 g/mol. The fourth-order valence-electron chi connectivity index (χ4n) is 2.33. The molecule has 0 radical (unpaired) electrons. The number of quaternary nitrogens is 1. The number of hydrogen-bond acceptors (Lipinski definition) is 0. The Morgan fingerprint density at radius 3 is 1.72 bits per heavy atom. The van der Waals surface area contributed by atoms with Gasteiger partial charge in [0.2, 0.25) is 0 Å². The van der Waals surface area contributed by atoms with E-state index in [4.69, 9.17) is 0 Å². The number of para-hydroxylation sites is 1. The summed E-state index contributed by atoms with van der Waals surface area (Å²) in [6, 6.07) is 17.3. The van der Waals surface area contributed by atoms with E-state index < -0.39 is 19.5 Å². The molecule has 0 saturated heterocycles. The third-order valence-electron chi connectivity index (χ3n) is 3.74. The molecular formula is C17H22F6NSb. The van der Waals surface area contributed by atoms with Crippen LogP contribution < -0.4 is 4.48 Å². The van der Waals surface area contributed by atoms with Crippen LogP contribution in [0, 0.1) is 13.8 Å². The molecule has 0 aliphatic carbocycles. The number of benzene rings is 2. The molecule has 2 aromatic rings. The van der Waals surface area contributed by atoms with E-state index in [9.17, 15) is 16.9 Å². The topological polar surface area (TPSA) is 0 Å². The molecule has 0 unspecified atom stereocenters. The molecule has 0 N–H and O–H groups in total. The molecule has 0 atom stereocenters. The summed E-state index contributed by atoms with van der Waals surface area (Å²) in [6.07, 6.45) is 0. The maximum absolute atomic E-state index is 11.2. The molecule has 0 aromatic heterocycles. The van der Waals surface area contributed by atoms with Crippen LogP contribution in [0.4, 0.5) is 22.6 Å². The van der Waals surface area contributed by atoms with Crippen molar-refractivity contribution >= 4 is 25.2 Å². The van der Waals surface area contributed by atoms with Gasteiger partial charge in [-0.05, 0) is 37.1 Å². The summed E-state index contributed by atoms with van der Waals surface area (Å²) < 4.78 is 60.4. The molecule has 0 heterocycles. The molecule has 0 saturated carbocycles. The van der Waals surface area contributed by atoms with E-state index in [0.29, 0.717) is 0 Å². The number of aryl methyl sites for hydroxylation is 1. The van der Waals surface area contributed by atoms with Crippen LogP contribution >= 0.6 is 0 Å². The Morgan fingerprint density at radius 1 is 0.760 bits per heavy atom. The Hall–Kier alpha value is -1.20. The summed E-state index contributed by atoms with van der Waals surface area (Å²) >= 11 is -11.2. The normalized spacial score (nSPS) is 14.8. The first-order valence-corrected chi connectivity index (χ1v) is 13.2. The molecule has 0 spiro atoms. The summed E-state index contributed by atoms with van der Waals surface area (Å²) in [5.74, 6) is 0. The molecule has 0 aliphatic heterocycles. The van der Waals surface area contributed by atoms with Crippen molar-refractivity contribution in [2.24, 2.45) is 0 Å². The second kappa shape index (κ2) is 6.51. The maximum atomic E-state index is 9.93. The van der Waals surface area contributed by atoms with Gasteiger partial charge in [-0.1, -0.05) is 36.4 Å². The van der Waals surface area contributed by atoms with Crippen molar-refractivity contribution in [3.05, 3.63) is 65.2 Å². The van der Waals surface area contributed by atoms with Gasteiger partial charge in [0.15, 0.2) is 0 Å². The van der Waals surface area contributed by atoms with Crippen LogP contribution in [-0.2, 0) is 6.54 Å². The van der Waals surface area contributed by atoms with E-state index in [-0.39, 0.29) is 0 Å². The van der Waals surface area contributed by atoms with Crippen LogP contribution in [-0.4, -0.2) is 33.6 Å². The van der Waals surface area contributed by atoms with Gasteiger partial charge in [-0.25, -0.2) is 0 Å². The van der Waals surface area contributed by atoms with Crippen molar-refractivity contribution in [1.82, 2.24) is 4.48 Å². The first kappa shape index (κ1) is 21.8. The third kappa shape index (κ3) is 9.75. The number of rotatable bonds is 3. The van der Waals surface area contributed by atoms with E-state index in [1.54, 1.807) is 0 Å². The predicted octanol–water partition coefficient (Wildman–Crippen LogP) is 6.21. The average Bonchev–Trinajstić information content (AvgIpc) is 2.41. The molecule has 25 heavy (non-hydrogen) atoms. The van der Waals surface area contributed by atoms with Crippen molar-refractivity contribution < 1.29 is 16.9 Å². The van der Waals surface area contributed by atoms with E-state index in [2.05, 4.69) is 76.5 Å². The zero-order valence-corrected chi connectivity index (χ0v) is 17.0. The van der Waals surface area contributed by atoms with Crippen LogP contribution in [0.3, 0.4) is 0 Å². The van der Waals surface area contributed by atoms with Gasteiger partial charge in [-0.3, -0.25) is 4.48 Å². The van der Waals surface area contributed by atoms with E-state index in [1.165, 1.54) is 22.4 Å². The fourth-order valence-corrected chi connectivity index (χ4v) is 2.33. The molecular weight excluding hydrogens is 454 g/mol. The van der Waals surface area contributed by atoms with Crippen molar-refractivity contribution in [2.45, 2.75) is 20.4 Å². The Morgan fingerprint density at radius 2 is 1.24 bits per heavy atom. The summed E-state index contributed by atoms with van der Waals surface area (Å²) in [6.45, 7) is 5.43. The number of hydrogen-bond donors (Lipinski definition) is 0. The van der Waals surface area contributed by atoms with Crippen molar-refractivity contribution in [2.75, 3.05) is 14.1 Å². The fraction of sp³-hybridized carbons (Fsp3) is 0.294. The van der Waals surface area contributed by atoms with E-state index >= 15 is 0 Å². The second-order valence-electron chi connectivity index (χ2n) is 6.50. The third-order valence-corrected chi connectivity index (χ3v) is 3.74. The summed E-state index contributed by atoms with van der Waals surface area (Å²) in [4.78, 5) is 0. The van der Waals surface area contributed by atoms with Gasteiger partial charge >= 0.3 is 36.4 Å². The Balaban J connectivity index is 0.000000381. The van der Waals surface area contributed by atoms with Crippen LogP contribution in [0.1, 0.15) is 16.7 Å². The number of nitrogens with zero attached hydrogens (tertiary/aromatic N) is 1. The van der Waals surface area contributed by atoms with E-state index in [1.807, 2.05) is 0 Å². The van der Waals surface area contributed by atoms with Crippen LogP contribution in [0.15, 0.2) is 48.5 Å². The summed E-state index contributed by atoms with van der Waals surface area (Å²) in [7, 11) is 4.52. The molecule has 142 valence electrons. The van der Waals surface area contributed by atoms with Crippen LogP contribution in [0.25, 0.3) is 0 Å². The van der Waals surface area contributed by atoms with Gasteiger partial charge in [-0.15, -0.1) is 0 Å². The second-order valence-corrected chi connectivity index (χ2v) is 12.0.